The molecule has 0 aliphatic rings. The Bertz CT molecular complexity index is 1200. The Balaban J connectivity index is 1.80. The molecule has 12 heteroatoms. The summed E-state index contributed by atoms with van der Waals surface area (Å²) < 4.78 is 8.84. The predicted molar refractivity (Wildman–Crippen MR) is 136 cm³/mol. The van der Waals surface area contributed by atoms with E-state index < -0.39 is 5.97 Å². The van der Waals surface area contributed by atoms with E-state index in [9.17, 15) is 9.59 Å². The molecule has 0 aliphatic heterocycles. The SMILES string of the molecule is CCCCn1c(SCC(=O)Nc2sc(C)c(C)c2C(=O)OCC)nnc1-c1c(Cl)c(C)nn1C. The third-order valence-electron chi connectivity index (χ3n) is 5.26. The number of hydrogen-bond donors (Lipinski definition) is 1. The first-order valence-electron chi connectivity index (χ1n) is 11.0. The average molecular weight is 525 g/mol. The number of aromatic nitrogens is 5. The summed E-state index contributed by atoms with van der Waals surface area (Å²) >= 11 is 9.14. The molecule has 1 N–H and O–H groups in total. The molecule has 34 heavy (non-hydrogen) atoms. The molecule has 0 unspecified atom stereocenters. The van der Waals surface area contributed by atoms with Gasteiger partial charge in [0.15, 0.2) is 11.0 Å². The molecule has 0 saturated heterocycles. The minimum Gasteiger partial charge on any atom is -0.462 e. The van der Waals surface area contributed by atoms with Crippen LogP contribution < -0.4 is 5.32 Å². The van der Waals surface area contributed by atoms with Gasteiger partial charge in [-0.1, -0.05) is 36.7 Å². The number of anilines is 1. The number of nitrogens with one attached hydrogen (secondary N) is 1. The van der Waals surface area contributed by atoms with E-state index in [4.69, 9.17) is 16.3 Å². The van der Waals surface area contributed by atoms with Gasteiger partial charge in [-0.05, 0) is 39.7 Å². The lowest BCUT2D eigenvalue weighted by molar-refractivity contribution is -0.113. The fourth-order valence-corrected chi connectivity index (χ4v) is 5.49. The Hall–Kier alpha value is -2.37. The van der Waals surface area contributed by atoms with Crippen LogP contribution in [0.25, 0.3) is 11.5 Å². The number of hydrogen-bond acceptors (Lipinski definition) is 8. The van der Waals surface area contributed by atoms with Crippen LogP contribution in [-0.2, 0) is 23.1 Å². The number of thiophene rings is 1. The number of esters is 1. The molecule has 0 saturated carbocycles. The van der Waals surface area contributed by atoms with E-state index in [-0.39, 0.29) is 18.3 Å². The zero-order valence-corrected chi connectivity index (χ0v) is 22.6. The molecule has 3 heterocycles. The zero-order valence-electron chi connectivity index (χ0n) is 20.2. The number of thioether (sulfide) groups is 1. The van der Waals surface area contributed by atoms with Gasteiger partial charge in [-0.2, -0.15) is 5.10 Å². The smallest absolute Gasteiger partial charge is 0.341 e. The van der Waals surface area contributed by atoms with Crippen LogP contribution in [0.4, 0.5) is 5.00 Å². The van der Waals surface area contributed by atoms with Crippen molar-refractivity contribution in [3.63, 3.8) is 0 Å². The van der Waals surface area contributed by atoms with Crippen molar-refractivity contribution in [1.82, 2.24) is 24.5 Å². The van der Waals surface area contributed by atoms with Crippen molar-refractivity contribution >= 4 is 51.6 Å². The number of unbranched alkanes of at least 4 members (excludes halogenated alkanes) is 1. The normalized spacial score (nSPS) is 11.1. The van der Waals surface area contributed by atoms with E-state index in [2.05, 4.69) is 27.5 Å². The van der Waals surface area contributed by atoms with Crippen LogP contribution in [-0.4, -0.2) is 48.8 Å². The second-order valence-corrected chi connectivity index (χ2v) is 10.3. The molecule has 0 aliphatic carbocycles. The molecular weight excluding hydrogens is 496 g/mol. The van der Waals surface area contributed by atoms with Crippen molar-refractivity contribution in [3.8, 4) is 11.5 Å². The Morgan fingerprint density at radius 1 is 1.21 bits per heavy atom. The maximum atomic E-state index is 12.8. The van der Waals surface area contributed by atoms with Crippen LogP contribution in [0.3, 0.4) is 0 Å². The molecular formula is C22H29ClN6O3S2. The van der Waals surface area contributed by atoms with Crippen molar-refractivity contribution < 1.29 is 14.3 Å². The van der Waals surface area contributed by atoms with E-state index in [1.807, 2.05) is 32.4 Å². The van der Waals surface area contributed by atoms with Crippen LogP contribution in [0.15, 0.2) is 5.16 Å². The number of aryl methyl sites for hydroxylation is 3. The van der Waals surface area contributed by atoms with Gasteiger partial charge in [0.25, 0.3) is 0 Å². The van der Waals surface area contributed by atoms with E-state index in [0.29, 0.717) is 38.8 Å². The minimum atomic E-state index is -0.431. The van der Waals surface area contributed by atoms with Gasteiger partial charge in [0.2, 0.25) is 5.91 Å². The highest BCUT2D eigenvalue weighted by Gasteiger charge is 2.24. The third-order valence-corrected chi connectivity index (χ3v) is 7.81. The largest absolute Gasteiger partial charge is 0.462 e. The van der Waals surface area contributed by atoms with Crippen molar-refractivity contribution in [3.05, 3.63) is 26.7 Å². The molecule has 3 aromatic heterocycles. The maximum Gasteiger partial charge on any atom is 0.341 e. The van der Waals surface area contributed by atoms with Crippen molar-refractivity contribution in [1.29, 1.82) is 0 Å². The molecule has 0 radical (unpaired) electrons. The molecule has 3 rings (SSSR count). The van der Waals surface area contributed by atoms with Gasteiger partial charge in [-0.15, -0.1) is 21.5 Å². The summed E-state index contributed by atoms with van der Waals surface area (Å²) in [5, 5.41) is 17.6. The van der Waals surface area contributed by atoms with Crippen molar-refractivity contribution in [2.45, 2.75) is 59.2 Å². The molecule has 1 amide bonds. The number of halogens is 1. The second kappa shape index (κ2) is 11.4. The summed E-state index contributed by atoms with van der Waals surface area (Å²) in [6.07, 6.45) is 1.92. The second-order valence-electron chi connectivity index (χ2n) is 7.73. The topological polar surface area (TPSA) is 104 Å². The van der Waals surface area contributed by atoms with Gasteiger partial charge in [-0.25, -0.2) is 4.79 Å². The number of amides is 1. The minimum absolute atomic E-state index is 0.112. The third kappa shape index (κ3) is 5.47. The number of nitrogens with zero attached hydrogens (tertiary/aromatic N) is 5. The van der Waals surface area contributed by atoms with E-state index in [0.717, 1.165) is 29.0 Å². The first-order chi connectivity index (χ1) is 16.2. The van der Waals surface area contributed by atoms with Crippen molar-refractivity contribution in [2.75, 3.05) is 17.7 Å². The van der Waals surface area contributed by atoms with Crippen molar-refractivity contribution in [2.24, 2.45) is 7.05 Å². The van der Waals surface area contributed by atoms with Gasteiger partial charge in [-0.3, -0.25) is 9.48 Å². The summed E-state index contributed by atoms with van der Waals surface area (Å²) in [4.78, 5) is 26.1. The summed E-state index contributed by atoms with van der Waals surface area (Å²) in [6.45, 7) is 10.4. The number of carbonyl (C=O) groups excluding carboxylic acids is 2. The first-order valence-corrected chi connectivity index (χ1v) is 13.2. The van der Waals surface area contributed by atoms with Crippen LogP contribution in [0.5, 0.6) is 0 Å². The molecule has 0 aromatic carbocycles. The van der Waals surface area contributed by atoms with E-state index in [1.165, 1.54) is 23.1 Å². The van der Waals surface area contributed by atoms with E-state index >= 15 is 0 Å². The van der Waals surface area contributed by atoms with Crippen LogP contribution in [0.2, 0.25) is 5.02 Å². The number of ether oxygens (including phenoxy) is 1. The van der Waals surface area contributed by atoms with Gasteiger partial charge >= 0.3 is 5.97 Å². The lowest BCUT2D eigenvalue weighted by atomic mass is 10.1. The zero-order chi connectivity index (χ0) is 25.0. The molecule has 184 valence electrons. The molecule has 0 spiro atoms. The quantitative estimate of drug-likeness (QED) is 0.293. The summed E-state index contributed by atoms with van der Waals surface area (Å²) in [5.41, 5.74) is 2.65. The molecule has 9 nitrogen and oxygen atoms in total. The van der Waals surface area contributed by atoms with Crippen LogP contribution in [0.1, 0.15) is 53.2 Å². The van der Waals surface area contributed by atoms with Crippen LogP contribution in [0, 0.1) is 20.8 Å². The Kier molecular flexibility index (Phi) is 8.78. The molecule has 0 atom stereocenters. The molecule has 3 aromatic rings. The van der Waals surface area contributed by atoms with Gasteiger partial charge in [0, 0.05) is 18.5 Å². The molecule has 0 fully saturated rings. The highest BCUT2D eigenvalue weighted by molar-refractivity contribution is 7.99. The van der Waals surface area contributed by atoms with Gasteiger partial charge < -0.3 is 14.6 Å². The average Bonchev–Trinajstić information content (AvgIpc) is 3.38. The first kappa shape index (κ1) is 26.2. The van der Waals surface area contributed by atoms with Gasteiger partial charge in [0.05, 0.1) is 28.6 Å². The maximum absolute atomic E-state index is 12.8. The fourth-order valence-electron chi connectivity index (χ4n) is 3.42. The van der Waals surface area contributed by atoms with Gasteiger partial charge in [0.1, 0.15) is 10.7 Å². The predicted octanol–water partition coefficient (Wildman–Crippen LogP) is 5.03. The number of carbonyl (C=O) groups is 2. The highest BCUT2D eigenvalue weighted by atomic mass is 35.5. The Labute approximate surface area is 212 Å². The summed E-state index contributed by atoms with van der Waals surface area (Å²) in [5.74, 6) is 0.0664. The lowest BCUT2D eigenvalue weighted by Crippen LogP contribution is -2.17. The Morgan fingerprint density at radius 3 is 2.56 bits per heavy atom. The fraction of sp³-hybridized carbons (Fsp3) is 0.500. The standard InChI is InChI=1S/C22H29ClN6O3S2/c1-7-9-10-29-19(18-17(23)13(4)27-28(18)6)25-26-22(29)33-11-15(30)24-20-16(21(31)32-8-2)12(3)14(5)34-20/h7-11H2,1-6H3,(H,24,30). The summed E-state index contributed by atoms with van der Waals surface area (Å²) in [7, 11) is 1.82. The highest BCUT2D eigenvalue weighted by Crippen LogP contribution is 2.34. The monoisotopic (exact) mass is 524 g/mol. The van der Waals surface area contributed by atoms with Crippen LogP contribution >= 0.6 is 34.7 Å². The summed E-state index contributed by atoms with van der Waals surface area (Å²) in [6, 6.07) is 0. The Morgan fingerprint density at radius 2 is 1.94 bits per heavy atom. The number of rotatable bonds is 10. The molecule has 0 bridgehead atoms. The lowest BCUT2D eigenvalue weighted by Gasteiger charge is -2.10. The van der Waals surface area contributed by atoms with E-state index in [1.54, 1.807) is 11.6 Å².